The SMILES string of the molecule is CC(C)c1ccc(NC(=O)CSc2cccc(NC(=O)c3ccc([N+](=O)[O-])cc3)c2)cc1. The molecule has 0 heterocycles. The number of rotatable bonds is 8. The van der Waals surface area contributed by atoms with Crippen LogP contribution in [0.25, 0.3) is 0 Å². The summed E-state index contributed by atoms with van der Waals surface area (Å²) in [6.45, 7) is 4.24. The van der Waals surface area contributed by atoms with Gasteiger partial charge >= 0.3 is 0 Å². The molecule has 7 nitrogen and oxygen atoms in total. The molecule has 0 atom stereocenters. The fraction of sp³-hybridized carbons (Fsp3) is 0.167. The summed E-state index contributed by atoms with van der Waals surface area (Å²) in [5.41, 5.74) is 2.78. The van der Waals surface area contributed by atoms with Gasteiger partial charge in [0, 0.05) is 34.0 Å². The van der Waals surface area contributed by atoms with Gasteiger partial charge in [-0.3, -0.25) is 19.7 Å². The van der Waals surface area contributed by atoms with Gasteiger partial charge in [0.15, 0.2) is 0 Å². The Morgan fingerprint density at radius 3 is 2.25 bits per heavy atom. The Balaban J connectivity index is 1.54. The maximum Gasteiger partial charge on any atom is 0.269 e. The number of nitrogens with one attached hydrogen (secondary N) is 2. The van der Waals surface area contributed by atoms with E-state index in [1.54, 1.807) is 18.2 Å². The van der Waals surface area contributed by atoms with Crippen LogP contribution in [0.2, 0.25) is 0 Å². The number of non-ortho nitro benzene ring substituents is 1. The fourth-order valence-electron chi connectivity index (χ4n) is 2.90. The standard InChI is InChI=1S/C24H23N3O4S/c1-16(2)17-6-10-19(11-7-17)25-23(28)15-32-22-5-3-4-20(14-22)26-24(29)18-8-12-21(13-9-18)27(30)31/h3-14,16H,15H2,1-2H3,(H,25,28)(H,26,29). The fourth-order valence-corrected chi connectivity index (χ4v) is 3.65. The van der Waals surface area contributed by atoms with E-state index in [9.17, 15) is 19.7 Å². The molecule has 2 amide bonds. The number of hydrogen-bond donors (Lipinski definition) is 2. The number of nitrogens with zero attached hydrogens (tertiary/aromatic N) is 1. The van der Waals surface area contributed by atoms with Crippen molar-refractivity contribution in [1.29, 1.82) is 0 Å². The average molecular weight is 450 g/mol. The Morgan fingerprint density at radius 1 is 0.938 bits per heavy atom. The van der Waals surface area contributed by atoms with E-state index in [4.69, 9.17) is 0 Å². The van der Waals surface area contributed by atoms with Crippen molar-refractivity contribution in [2.75, 3.05) is 16.4 Å². The molecule has 3 aromatic carbocycles. The first kappa shape index (κ1) is 23.0. The highest BCUT2D eigenvalue weighted by molar-refractivity contribution is 8.00. The molecule has 3 rings (SSSR count). The molecule has 32 heavy (non-hydrogen) atoms. The van der Waals surface area contributed by atoms with Gasteiger partial charge in [0.25, 0.3) is 11.6 Å². The van der Waals surface area contributed by atoms with Crippen LogP contribution in [0.5, 0.6) is 0 Å². The first-order valence-corrected chi connectivity index (χ1v) is 11.0. The predicted molar refractivity (Wildman–Crippen MR) is 127 cm³/mol. The Kier molecular flexibility index (Phi) is 7.62. The van der Waals surface area contributed by atoms with E-state index in [1.807, 2.05) is 30.3 Å². The van der Waals surface area contributed by atoms with Gasteiger partial charge in [-0.05, 0) is 53.9 Å². The van der Waals surface area contributed by atoms with Crippen LogP contribution in [-0.4, -0.2) is 22.5 Å². The summed E-state index contributed by atoms with van der Waals surface area (Å²) in [4.78, 5) is 35.7. The summed E-state index contributed by atoms with van der Waals surface area (Å²) in [5, 5.41) is 16.4. The highest BCUT2D eigenvalue weighted by atomic mass is 32.2. The van der Waals surface area contributed by atoms with Crippen LogP contribution in [-0.2, 0) is 4.79 Å². The van der Waals surface area contributed by atoms with Crippen molar-refractivity contribution in [3.63, 3.8) is 0 Å². The van der Waals surface area contributed by atoms with Gasteiger partial charge in [0.1, 0.15) is 0 Å². The van der Waals surface area contributed by atoms with Crippen LogP contribution in [0.3, 0.4) is 0 Å². The number of nitro benzene ring substituents is 1. The van der Waals surface area contributed by atoms with Crippen molar-refractivity contribution in [1.82, 2.24) is 0 Å². The molecule has 0 aliphatic carbocycles. The number of carbonyl (C=O) groups excluding carboxylic acids is 2. The molecule has 8 heteroatoms. The zero-order chi connectivity index (χ0) is 23.1. The minimum Gasteiger partial charge on any atom is -0.325 e. The third-order valence-electron chi connectivity index (χ3n) is 4.66. The molecule has 2 N–H and O–H groups in total. The Bertz CT molecular complexity index is 1110. The van der Waals surface area contributed by atoms with Gasteiger partial charge < -0.3 is 10.6 Å². The number of thioether (sulfide) groups is 1. The van der Waals surface area contributed by atoms with Gasteiger partial charge in [0.2, 0.25) is 5.91 Å². The second-order valence-electron chi connectivity index (χ2n) is 7.40. The third kappa shape index (κ3) is 6.42. The van der Waals surface area contributed by atoms with E-state index < -0.39 is 4.92 Å². The summed E-state index contributed by atoms with van der Waals surface area (Å²) in [6.07, 6.45) is 0. The molecule has 0 bridgehead atoms. The van der Waals surface area contributed by atoms with Gasteiger partial charge in [-0.25, -0.2) is 0 Å². The molecule has 0 aromatic heterocycles. The lowest BCUT2D eigenvalue weighted by Gasteiger charge is -2.09. The van der Waals surface area contributed by atoms with Crippen molar-refractivity contribution in [3.05, 3.63) is 94.0 Å². The lowest BCUT2D eigenvalue weighted by Crippen LogP contribution is -2.14. The van der Waals surface area contributed by atoms with Crippen molar-refractivity contribution in [2.45, 2.75) is 24.7 Å². The van der Waals surface area contributed by atoms with E-state index in [2.05, 4.69) is 24.5 Å². The minimum atomic E-state index is -0.515. The zero-order valence-corrected chi connectivity index (χ0v) is 18.5. The number of amides is 2. The lowest BCUT2D eigenvalue weighted by atomic mass is 10.0. The second-order valence-corrected chi connectivity index (χ2v) is 8.45. The van der Waals surface area contributed by atoms with Crippen LogP contribution in [0.15, 0.2) is 77.7 Å². The molecular weight excluding hydrogens is 426 g/mol. The molecule has 0 spiro atoms. The Hall–Kier alpha value is -3.65. The summed E-state index contributed by atoms with van der Waals surface area (Å²) >= 11 is 1.36. The quantitative estimate of drug-likeness (QED) is 0.261. The summed E-state index contributed by atoms with van der Waals surface area (Å²) in [6, 6.07) is 20.4. The topological polar surface area (TPSA) is 101 Å². The van der Waals surface area contributed by atoms with E-state index in [0.717, 1.165) is 10.6 Å². The highest BCUT2D eigenvalue weighted by Gasteiger charge is 2.11. The first-order chi connectivity index (χ1) is 15.3. The van der Waals surface area contributed by atoms with Crippen molar-refractivity contribution < 1.29 is 14.5 Å². The molecule has 0 aliphatic heterocycles. The minimum absolute atomic E-state index is 0.0749. The summed E-state index contributed by atoms with van der Waals surface area (Å²) < 4.78 is 0. The second kappa shape index (κ2) is 10.6. The number of nitro groups is 1. The highest BCUT2D eigenvalue weighted by Crippen LogP contribution is 2.23. The van der Waals surface area contributed by atoms with E-state index in [-0.39, 0.29) is 23.3 Å². The molecule has 164 valence electrons. The number of carbonyl (C=O) groups is 2. The average Bonchev–Trinajstić information content (AvgIpc) is 2.78. The van der Waals surface area contributed by atoms with Gasteiger partial charge in [-0.15, -0.1) is 11.8 Å². The molecule has 3 aromatic rings. The molecule has 0 saturated heterocycles. The predicted octanol–water partition coefficient (Wildman–Crippen LogP) is 5.70. The van der Waals surface area contributed by atoms with E-state index >= 15 is 0 Å². The molecule has 0 saturated carbocycles. The van der Waals surface area contributed by atoms with E-state index in [0.29, 0.717) is 17.2 Å². The number of anilines is 2. The smallest absolute Gasteiger partial charge is 0.269 e. The molecular formula is C24H23N3O4S. The normalized spacial score (nSPS) is 10.6. The van der Waals surface area contributed by atoms with Crippen molar-refractivity contribution in [2.24, 2.45) is 0 Å². The molecule has 0 unspecified atom stereocenters. The monoisotopic (exact) mass is 449 g/mol. The zero-order valence-electron chi connectivity index (χ0n) is 17.7. The number of hydrogen-bond acceptors (Lipinski definition) is 5. The Labute approximate surface area is 190 Å². The summed E-state index contributed by atoms with van der Waals surface area (Å²) in [7, 11) is 0. The third-order valence-corrected chi connectivity index (χ3v) is 5.66. The first-order valence-electron chi connectivity index (χ1n) is 10.0. The summed E-state index contributed by atoms with van der Waals surface area (Å²) in [5.74, 6) is 0.173. The molecule has 0 aliphatic rings. The molecule has 0 radical (unpaired) electrons. The maximum atomic E-state index is 12.4. The van der Waals surface area contributed by atoms with E-state index in [1.165, 1.54) is 41.6 Å². The van der Waals surface area contributed by atoms with Crippen LogP contribution in [0.4, 0.5) is 17.1 Å². The van der Waals surface area contributed by atoms with Gasteiger partial charge in [-0.2, -0.15) is 0 Å². The van der Waals surface area contributed by atoms with Crippen molar-refractivity contribution >= 4 is 40.6 Å². The van der Waals surface area contributed by atoms with Gasteiger partial charge in [-0.1, -0.05) is 32.0 Å². The Morgan fingerprint density at radius 2 is 1.62 bits per heavy atom. The number of benzene rings is 3. The molecule has 0 fully saturated rings. The maximum absolute atomic E-state index is 12.4. The van der Waals surface area contributed by atoms with Crippen molar-refractivity contribution in [3.8, 4) is 0 Å². The van der Waals surface area contributed by atoms with Crippen LogP contribution < -0.4 is 10.6 Å². The van der Waals surface area contributed by atoms with Crippen LogP contribution in [0.1, 0.15) is 35.7 Å². The largest absolute Gasteiger partial charge is 0.325 e. The van der Waals surface area contributed by atoms with Crippen LogP contribution >= 0.6 is 11.8 Å². The van der Waals surface area contributed by atoms with Crippen LogP contribution in [0, 0.1) is 10.1 Å². The van der Waals surface area contributed by atoms with Gasteiger partial charge in [0.05, 0.1) is 10.7 Å². The lowest BCUT2D eigenvalue weighted by molar-refractivity contribution is -0.384.